The minimum atomic E-state index is -0.301. The molecule has 1 saturated heterocycles. The molecule has 1 aromatic heterocycles. The van der Waals surface area contributed by atoms with Crippen LogP contribution in [0.15, 0.2) is 48.5 Å². The van der Waals surface area contributed by atoms with Gasteiger partial charge in [0.2, 0.25) is 5.01 Å². The van der Waals surface area contributed by atoms with Gasteiger partial charge in [0.25, 0.3) is 11.8 Å². The van der Waals surface area contributed by atoms with Gasteiger partial charge in [-0.25, -0.2) is 0 Å². The SMILES string of the molecule is Cc1ccc(C(=O)N2CCC[C@@H](c3nnc(C(=O)Nc4ccc(Cl)cc4)s3)C2)cc1. The van der Waals surface area contributed by atoms with Gasteiger partial charge in [0.15, 0.2) is 0 Å². The van der Waals surface area contributed by atoms with Crippen molar-refractivity contribution in [2.75, 3.05) is 18.4 Å². The summed E-state index contributed by atoms with van der Waals surface area (Å²) in [6.45, 7) is 3.31. The highest BCUT2D eigenvalue weighted by molar-refractivity contribution is 7.13. The van der Waals surface area contributed by atoms with Gasteiger partial charge in [0, 0.05) is 35.3 Å². The maximum absolute atomic E-state index is 12.8. The summed E-state index contributed by atoms with van der Waals surface area (Å²) < 4.78 is 0. The van der Waals surface area contributed by atoms with Crippen LogP contribution in [0.2, 0.25) is 5.02 Å². The first kappa shape index (κ1) is 20.5. The number of likely N-dealkylation sites (tertiary alicyclic amines) is 1. The van der Waals surface area contributed by atoms with E-state index in [4.69, 9.17) is 11.6 Å². The first-order chi connectivity index (χ1) is 14.5. The lowest BCUT2D eigenvalue weighted by molar-refractivity contribution is 0.0706. The van der Waals surface area contributed by atoms with E-state index >= 15 is 0 Å². The minimum Gasteiger partial charge on any atom is -0.338 e. The molecule has 1 atom stereocenters. The van der Waals surface area contributed by atoms with Crippen molar-refractivity contribution < 1.29 is 9.59 Å². The van der Waals surface area contributed by atoms with Crippen molar-refractivity contribution in [1.29, 1.82) is 0 Å². The molecule has 1 aliphatic heterocycles. The molecule has 0 saturated carbocycles. The average molecular weight is 441 g/mol. The van der Waals surface area contributed by atoms with Crippen LogP contribution in [0.3, 0.4) is 0 Å². The van der Waals surface area contributed by atoms with Gasteiger partial charge in [-0.2, -0.15) is 0 Å². The second-order valence-electron chi connectivity index (χ2n) is 7.36. The Balaban J connectivity index is 1.42. The predicted octanol–water partition coefficient (Wildman–Crippen LogP) is 4.77. The molecule has 2 amide bonds. The van der Waals surface area contributed by atoms with Crippen LogP contribution in [0.5, 0.6) is 0 Å². The highest BCUT2D eigenvalue weighted by Crippen LogP contribution is 2.30. The molecule has 6 nitrogen and oxygen atoms in total. The second kappa shape index (κ2) is 8.93. The fourth-order valence-electron chi connectivity index (χ4n) is 3.45. The van der Waals surface area contributed by atoms with Crippen molar-refractivity contribution in [2.45, 2.75) is 25.7 Å². The standard InChI is InChI=1S/C22H21ClN4O2S/c1-14-4-6-15(7-5-14)22(29)27-12-2-3-16(13-27)20-25-26-21(30-20)19(28)24-18-10-8-17(23)9-11-18/h4-11,16H,2-3,12-13H2,1H3,(H,24,28)/t16-/m1/s1. The molecule has 154 valence electrons. The monoisotopic (exact) mass is 440 g/mol. The number of anilines is 1. The number of nitrogens with zero attached hydrogens (tertiary/aromatic N) is 3. The molecule has 8 heteroatoms. The molecule has 0 spiro atoms. The van der Waals surface area contributed by atoms with E-state index in [1.165, 1.54) is 11.3 Å². The predicted molar refractivity (Wildman–Crippen MR) is 118 cm³/mol. The van der Waals surface area contributed by atoms with Gasteiger partial charge in [-0.05, 0) is 56.2 Å². The Labute approximate surface area is 183 Å². The van der Waals surface area contributed by atoms with Crippen LogP contribution in [0.4, 0.5) is 5.69 Å². The van der Waals surface area contributed by atoms with Gasteiger partial charge in [0.1, 0.15) is 5.01 Å². The van der Waals surface area contributed by atoms with Gasteiger partial charge < -0.3 is 10.2 Å². The summed E-state index contributed by atoms with van der Waals surface area (Å²) in [4.78, 5) is 27.2. The zero-order valence-corrected chi connectivity index (χ0v) is 18.0. The van der Waals surface area contributed by atoms with E-state index in [-0.39, 0.29) is 17.7 Å². The Kier molecular flexibility index (Phi) is 6.11. The number of aryl methyl sites for hydroxylation is 1. The number of nitrogens with one attached hydrogen (secondary N) is 1. The summed E-state index contributed by atoms with van der Waals surface area (Å²) in [5, 5.41) is 12.8. The Morgan fingerprint density at radius 3 is 2.57 bits per heavy atom. The van der Waals surface area contributed by atoms with Gasteiger partial charge in [0.05, 0.1) is 0 Å². The normalized spacial score (nSPS) is 16.3. The number of halogens is 1. The number of hydrogen-bond acceptors (Lipinski definition) is 5. The number of carbonyl (C=O) groups is 2. The van der Waals surface area contributed by atoms with Crippen LogP contribution in [-0.2, 0) is 0 Å². The third-order valence-electron chi connectivity index (χ3n) is 5.09. The van der Waals surface area contributed by atoms with Crippen molar-refractivity contribution in [2.24, 2.45) is 0 Å². The number of rotatable bonds is 4. The largest absolute Gasteiger partial charge is 0.338 e. The maximum atomic E-state index is 12.8. The van der Waals surface area contributed by atoms with E-state index in [1.54, 1.807) is 24.3 Å². The van der Waals surface area contributed by atoms with Crippen molar-refractivity contribution in [1.82, 2.24) is 15.1 Å². The Bertz CT molecular complexity index is 1050. The topological polar surface area (TPSA) is 75.2 Å². The first-order valence-electron chi connectivity index (χ1n) is 9.76. The van der Waals surface area contributed by atoms with E-state index in [9.17, 15) is 9.59 Å². The van der Waals surface area contributed by atoms with Gasteiger partial charge in [-0.3, -0.25) is 9.59 Å². The van der Waals surface area contributed by atoms with Crippen LogP contribution < -0.4 is 5.32 Å². The summed E-state index contributed by atoms with van der Waals surface area (Å²) >= 11 is 7.16. The number of aromatic nitrogens is 2. The number of hydrogen-bond donors (Lipinski definition) is 1. The molecule has 3 aromatic rings. The lowest BCUT2D eigenvalue weighted by Gasteiger charge is -2.31. The van der Waals surface area contributed by atoms with Crippen molar-refractivity contribution >= 4 is 40.4 Å². The molecule has 0 radical (unpaired) electrons. The van der Waals surface area contributed by atoms with Crippen molar-refractivity contribution in [3.05, 3.63) is 74.7 Å². The van der Waals surface area contributed by atoms with E-state index in [2.05, 4.69) is 15.5 Å². The minimum absolute atomic E-state index is 0.0323. The molecule has 30 heavy (non-hydrogen) atoms. The highest BCUT2D eigenvalue weighted by atomic mass is 35.5. The molecular formula is C22H21ClN4O2S. The van der Waals surface area contributed by atoms with Crippen molar-refractivity contribution in [3.63, 3.8) is 0 Å². The fraction of sp³-hybridized carbons (Fsp3) is 0.273. The van der Waals surface area contributed by atoms with Gasteiger partial charge in [-0.1, -0.05) is 40.6 Å². The molecule has 2 heterocycles. The quantitative estimate of drug-likeness (QED) is 0.633. The Morgan fingerprint density at radius 2 is 1.83 bits per heavy atom. The smallest absolute Gasteiger partial charge is 0.286 e. The molecular weight excluding hydrogens is 420 g/mol. The second-order valence-corrected chi connectivity index (χ2v) is 8.81. The number of piperidine rings is 1. The van der Waals surface area contributed by atoms with Gasteiger partial charge in [-0.15, -0.1) is 10.2 Å². The summed E-state index contributed by atoms with van der Waals surface area (Å²) in [6.07, 6.45) is 1.82. The van der Waals surface area contributed by atoms with Crippen LogP contribution >= 0.6 is 22.9 Å². The third-order valence-corrected chi connectivity index (χ3v) is 6.43. The van der Waals surface area contributed by atoms with E-state index < -0.39 is 0 Å². The molecule has 1 N–H and O–H groups in total. The van der Waals surface area contributed by atoms with E-state index in [0.29, 0.717) is 27.8 Å². The van der Waals surface area contributed by atoms with E-state index in [1.807, 2.05) is 36.1 Å². The molecule has 1 aliphatic rings. The summed E-state index contributed by atoms with van der Waals surface area (Å²) in [5.41, 5.74) is 2.47. The van der Waals surface area contributed by atoms with Crippen LogP contribution in [0, 0.1) is 6.92 Å². The maximum Gasteiger partial charge on any atom is 0.286 e. The number of benzene rings is 2. The fourth-order valence-corrected chi connectivity index (χ4v) is 4.44. The molecule has 0 aliphatic carbocycles. The average Bonchev–Trinajstić information content (AvgIpc) is 3.26. The van der Waals surface area contributed by atoms with Crippen molar-refractivity contribution in [3.8, 4) is 0 Å². The molecule has 2 aromatic carbocycles. The van der Waals surface area contributed by atoms with Gasteiger partial charge >= 0.3 is 0 Å². The Hall–Kier alpha value is -2.77. The number of amides is 2. The van der Waals surface area contributed by atoms with E-state index in [0.717, 1.165) is 30.0 Å². The lowest BCUT2D eigenvalue weighted by Crippen LogP contribution is -2.39. The summed E-state index contributed by atoms with van der Waals surface area (Å²) in [5.74, 6) is -0.183. The number of carbonyl (C=O) groups excluding carboxylic acids is 2. The summed E-state index contributed by atoms with van der Waals surface area (Å²) in [6, 6.07) is 14.5. The molecule has 4 rings (SSSR count). The zero-order valence-electron chi connectivity index (χ0n) is 16.5. The summed E-state index contributed by atoms with van der Waals surface area (Å²) in [7, 11) is 0. The molecule has 0 bridgehead atoms. The Morgan fingerprint density at radius 1 is 1.10 bits per heavy atom. The van der Waals surface area contributed by atoms with Crippen LogP contribution in [0.25, 0.3) is 0 Å². The third kappa shape index (κ3) is 4.68. The van der Waals surface area contributed by atoms with Crippen LogP contribution in [-0.4, -0.2) is 40.0 Å². The molecule has 1 fully saturated rings. The first-order valence-corrected chi connectivity index (χ1v) is 11.0. The highest BCUT2D eigenvalue weighted by Gasteiger charge is 2.28. The lowest BCUT2D eigenvalue weighted by atomic mass is 9.98. The van der Waals surface area contributed by atoms with Crippen LogP contribution in [0.1, 0.15) is 49.5 Å². The molecule has 0 unspecified atom stereocenters. The zero-order chi connectivity index (χ0) is 21.1.